The molecule has 9 nitrogen and oxygen atoms in total. The van der Waals surface area contributed by atoms with E-state index in [0.717, 1.165) is 22.1 Å². The van der Waals surface area contributed by atoms with E-state index in [1.54, 1.807) is 60.4 Å². The fourth-order valence-corrected chi connectivity index (χ4v) is 8.08. The smallest absolute Gasteiger partial charge is 0.270 e. The number of nitro groups is 1. The van der Waals surface area contributed by atoms with Crippen LogP contribution in [0.2, 0.25) is 0 Å². The molecule has 0 saturated heterocycles. The molecule has 5 aromatic rings. The molecule has 5 rings (SSSR count). The Morgan fingerprint density at radius 2 is 1.63 bits per heavy atom. The van der Waals surface area contributed by atoms with Crippen LogP contribution in [0, 0.1) is 13.8 Å². The van der Waals surface area contributed by atoms with Gasteiger partial charge in [-0.05, 0) is 63.9 Å². The van der Waals surface area contributed by atoms with Gasteiger partial charge >= 0.3 is 0 Å². The van der Waals surface area contributed by atoms with Crippen molar-refractivity contribution in [3.8, 4) is 22.4 Å². The van der Waals surface area contributed by atoms with Crippen LogP contribution in [-0.2, 0) is 22.5 Å². The Kier molecular flexibility index (Phi) is 6.38. The van der Waals surface area contributed by atoms with Crippen LogP contribution in [0.15, 0.2) is 78.0 Å². The van der Waals surface area contributed by atoms with Crippen molar-refractivity contribution in [2.24, 2.45) is 7.05 Å². The molecule has 194 valence electrons. The van der Waals surface area contributed by atoms with Crippen molar-refractivity contribution in [2.75, 3.05) is 0 Å². The number of aromatic nitrogens is 4. The number of rotatable bonds is 5. The van der Waals surface area contributed by atoms with Crippen molar-refractivity contribution < 1.29 is 13.3 Å². The normalized spacial score (nSPS) is 12.2. The summed E-state index contributed by atoms with van der Waals surface area (Å²) in [6.45, 7) is 6.13. The highest BCUT2D eigenvalue weighted by atomic mass is 127. The van der Waals surface area contributed by atoms with E-state index in [9.17, 15) is 18.5 Å². The molecule has 3 heterocycles. The lowest BCUT2D eigenvalue weighted by molar-refractivity contribution is -0.384. The van der Waals surface area contributed by atoms with Gasteiger partial charge in [0, 0.05) is 53.7 Å². The number of hydrogen-bond acceptors (Lipinski definition) is 6. The van der Waals surface area contributed by atoms with Crippen LogP contribution in [0.3, 0.4) is 0 Å². The van der Waals surface area contributed by atoms with Crippen LogP contribution < -0.4 is 0 Å². The van der Waals surface area contributed by atoms with Gasteiger partial charge in [0.2, 0.25) is 0 Å². The average Bonchev–Trinajstić information content (AvgIpc) is 3.41. The zero-order valence-corrected chi connectivity index (χ0v) is 24.1. The summed E-state index contributed by atoms with van der Waals surface area (Å²) >= 11 is 2.10. The average molecular weight is 641 g/mol. The second kappa shape index (κ2) is 9.31. The van der Waals surface area contributed by atoms with Crippen LogP contribution in [0.5, 0.6) is 0 Å². The lowest BCUT2D eigenvalue weighted by atomic mass is 9.85. The van der Waals surface area contributed by atoms with E-state index < -0.39 is 20.4 Å². The molecule has 0 aliphatic heterocycles. The third-order valence-electron chi connectivity index (χ3n) is 6.26. The highest BCUT2D eigenvalue weighted by Gasteiger charge is 2.33. The standard InChI is InChI=1S/C27H24IN5O4S/c1-27(2,3)23-22-20(21-16-31(4)30-24(21)17-10-12-18(13-11-17)33(34)35)14-15-29-26(22)32(25(23)28)38(36,37)19-8-6-5-7-9-19/h5-16H,1-4H3. The minimum absolute atomic E-state index is 0.00898. The number of nitro benzene ring substituents is 1. The molecule has 0 aliphatic carbocycles. The largest absolute Gasteiger partial charge is 0.275 e. The number of non-ortho nitro benzene ring substituents is 1. The third kappa shape index (κ3) is 4.29. The maximum atomic E-state index is 13.9. The maximum Gasteiger partial charge on any atom is 0.270 e. The molecule has 0 spiro atoms. The fraction of sp³-hybridized carbons (Fsp3) is 0.185. The molecule has 0 fully saturated rings. The molecule has 0 bridgehead atoms. The quantitative estimate of drug-likeness (QED) is 0.129. The van der Waals surface area contributed by atoms with Gasteiger partial charge in [0.25, 0.3) is 15.7 Å². The van der Waals surface area contributed by atoms with Crippen LogP contribution in [0.25, 0.3) is 33.4 Å². The first-order chi connectivity index (χ1) is 17.9. The van der Waals surface area contributed by atoms with Crippen molar-refractivity contribution in [1.29, 1.82) is 0 Å². The van der Waals surface area contributed by atoms with Crippen molar-refractivity contribution in [1.82, 2.24) is 18.7 Å². The van der Waals surface area contributed by atoms with Crippen LogP contribution in [-0.4, -0.2) is 32.1 Å². The molecule has 0 saturated carbocycles. The second-order valence-electron chi connectivity index (χ2n) is 9.92. The van der Waals surface area contributed by atoms with Crippen molar-refractivity contribution in [3.63, 3.8) is 0 Å². The zero-order valence-electron chi connectivity index (χ0n) is 21.1. The monoisotopic (exact) mass is 641 g/mol. The fourth-order valence-electron chi connectivity index (χ4n) is 4.61. The number of benzene rings is 2. The van der Waals surface area contributed by atoms with E-state index in [1.165, 1.54) is 16.1 Å². The molecule has 2 aromatic carbocycles. The molecule has 0 amide bonds. The van der Waals surface area contributed by atoms with Crippen molar-refractivity contribution in [3.05, 3.63) is 92.4 Å². The highest BCUT2D eigenvalue weighted by Crippen LogP contribution is 2.44. The predicted molar refractivity (Wildman–Crippen MR) is 154 cm³/mol. The van der Waals surface area contributed by atoms with Crippen LogP contribution >= 0.6 is 22.6 Å². The highest BCUT2D eigenvalue weighted by molar-refractivity contribution is 14.1. The summed E-state index contributed by atoms with van der Waals surface area (Å²) in [5.74, 6) is 0. The summed E-state index contributed by atoms with van der Waals surface area (Å²) in [6, 6.07) is 16.4. The summed E-state index contributed by atoms with van der Waals surface area (Å²) < 4.78 is 31.3. The summed E-state index contributed by atoms with van der Waals surface area (Å²) in [4.78, 5) is 15.5. The topological polar surface area (TPSA) is 113 Å². The number of aryl methyl sites for hydroxylation is 1. The SMILES string of the molecule is Cn1cc(-c2ccnc3c2c(C(C)(C)C)c(I)n3S(=O)(=O)c2ccccc2)c(-c2ccc([N+](=O)[O-])cc2)n1. The molecule has 11 heteroatoms. The van der Waals surface area contributed by atoms with Crippen LogP contribution in [0.1, 0.15) is 26.3 Å². The van der Waals surface area contributed by atoms with Gasteiger partial charge in [-0.1, -0.05) is 39.0 Å². The molecular weight excluding hydrogens is 617 g/mol. The lowest BCUT2D eigenvalue weighted by Crippen LogP contribution is -2.18. The number of hydrogen-bond donors (Lipinski definition) is 0. The van der Waals surface area contributed by atoms with Gasteiger partial charge < -0.3 is 0 Å². The number of fused-ring (bicyclic) bond motifs is 1. The van der Waals surface area contributed by atoms with E-state index in [-0.39, 0.29) is 10.6 Å². The molecule has 0 atom stereocenters. The summed E-state index contributed by atoms with van der Waals surface area (Å²) in [7, 11) is -2.14. The van der Waals surface area contributed by atoms with Gasteiger partial charge in [-0.15, -0.1) is 0 Å². The van der Waals surface area contributed by atoms with E-state index in [2.05, 4.69) is 32.7 Å². The lowest BCUT2D eigenvalue weighted by Gasteiger charge is -2.20. The number of nitrogens with zero attached hydrogens (tertiary/aromatic N) is 5. The Bertz CT molecular complexity index is 1800. The van der Waals surface area contributed by atoms with Gasteiger partial charge in [-0.25, -0.2) is 17.4 Å². The molecular formula is C27H24IN5O4S. The van der Waals surface area contributed by atoms with Gasteiger partial charge in [0.05, 0.1) is 9.82 Å². The van der Waals surface area contributed by atoms with Crippen LogP contribution in [0.4, 0.5) is 5.69 Å². The first kappa shape index (κ1) is 26.0. The maximum absolute atomic E-state index is 13.9. The van der Waals surface area contributed by atoms with E-state index in [4.69, 9.17) is 0 Å². The first-order valence-electron chi connectivity index (χ1n) is 11.7. The Morgan fingerprint density at radius 1 is 0.974 bits per heavy atom. The second-order valence-corrected chi connectivity index (χ2v) is 12.7. The molecule has 0 unspecified atom stereocenters. The molecule has 3 aromatic heterocycles. The van der Waals surface area contributed by atoms with E-state index in [0.29, 0.717) is 20.6 Å². The summed E-state index contributed by atoms with van der Waals surface area (Å²) in [6.07, 6.45) is 3.47. The predicted octanol–water partition coefficient (Wildman–Crippen LogP) is 6.15. The van der Waals surface area contributed by atoms with Crippen molar-refractivity contribution >= 4 is 49.3 Å². The molecule has 0 N–H and O–H groups in total. The minimum atomic E-state index is -3.94. The zero-order chi connectivity index (χ0) is 27.4. The van der Waals surface area contributed by atoms with Crippen molar-refractivity contribution in [2.45, 2.75) is 31.1 Å². The van der Waals surface area contributed by atoms with E-state index in [1.807, 2.05) is 33.0 Å². The Balaban J connectivity index is 1.84. The van der Waals surface area contributed by atoms with E-state index >= 15 is 0 Å². The Morgan fingerprint density at radius 3 is 2.24 bits per heavy atom. The van der Waals surface area contributed by atoms with Gasteiger partial charge in [0.1, 0.15) is 9.39 Å². The minimum Gasteiger partial charge on any atom is -0.275 e. The third-order valence-corrected chi connectivity index (χ3v) is 9.31. The molecule has 38 heavy (non-hydrogen) atoms. The summed E-state index contributed by atoms with van der Waals surface area (Å²) in [5.41, 5.74) is 3.65. The van der Waals surface area contributed by atoms with Gasteiger partial charge in [0.15, 0.2) is 5.65 Å². The Hall–Kier alpha value is -3.58. The molecule has 0 aliphatic rings. The molecule has 0 radical (unpaired) electrons. The first-order valence-corrected chi connectivity index (χ1v) is 14.2. The van der Waals surface area contributed by atoms with Gasteiger partial charge in [-0.3, -0.25) is 14.8 Å². The number of halogens is 1. The summed E-state index contributed by atoms with van der Waals surface area (Å²) in [5, 5.41) is 16.5. The number of pyridine rings is 1. The Labute approximate surface area is 233 Å². The van der Waals surface area contributed by atoms with Gasteiger partial charge in [-0.2, -0.15) is 5.10 Å².